The second-order valence-corrected chi connectivity index (χ2v) is 6.98. The van der Waals surface area contributed by atoms with Crippen molar-refractivity contribution in [3.8, 4) is 17.2 Å². The predicted molar refractivity (Wildman–Crippen MR) is 110 cm³/mol. The Kier molecular flexibility index (Phi) is 4.25. The topological polar surface area (TPSA) is 56.1 Å². The molecule has 1 fully saturated rings. The van der Waals surface area contributed by atoms with Crippen LogP contribution in [0.5, 0.6) is 0 Å². The molecule has 0 spiro atoms. The second-order valence-electron chi connectivity index (χ2n) is 6.98. The van der Waals surface area contributed by atoms with E-state index in [2.05, 4.69) is 49.8 Å². The lowest BCUT2D eigenvalue weighted by Crippen LogP contribution is -2.36. The van der Waals surface area contributed by atoms with Crippen LogP contribution in [0.3, 0.4) is 0 Å². The summed E-state index contributed by atoms with van der Waals surface area (Å²) in [5.41, 5.74) is 5.25. The normalized spacial score (nSPS) is 14.5. The van der Waals surface area contributed by atoms with E-state index in [9.17, 15) is 0 Å². The third-order valence-corrected chi connectivity index (χ3v) is 5.08. The van der Waals surface area contributed by atoms with Crippen LogP contribution in [-0.2, 0) is 4.74 Å². The number of aryl methyl sites for hydroxylation is 1. The first-order valence-corrected chi connectivity index (χ1v) is 9.48. The lowest BCUT2D eigenvalue weighted by Gasteiger charge is -2.28. The number of benzene rings is 1. The average molecular weight is 371 g/mol. The Balaban J connectivity index is 1.60. The molecule has 4 heterocycles. The van der Waals surface area contributed by atoms with Gasteiger partial charge in [0.2, 0.25) is 0 Å². The SMILES string of the molecule is Cc1ccc(-n2c(-c3ccc(N4CCOCC4)cc3)nc3ccncc32)nc1. The smallest absolute Gasteiger partial charge is 0.146 e. The number of imidazole rings is 1. The summed E-state index contributed by atoms with van der Waals surface area (Å²) in [6.07, 6.45) is 5.49. The fourth-order valence-corrected chi connectivity index (χ4v) is 3.58. The maximum absolute atomic E-state index is 5.45. The van der Waals surface area contributed by atoms with Crippen molar-refractivity contribution in [3.63, 3.8) is 0 Å². The van der Waals surface area contributed by atoms with Gasteiger partial charge in [-0.3, -0.25) is 9.55 Å². The van der Waals surface area contributed by atoms with Crippen molar-refractivity contribution in [1.29, 1.82) is 0 Å². The molecule has 28 heavy (non-hydrogen) atoms. The number of aromatic nitrogens is 4. The summed E-state index contributed by atoms with van der Waals surface area (Å²) in [5.74, 6) is 1.71. The fourth-order valence-electron chi connectivity index (χ4n) is 3.58. The van der Waals surface area contributed by atoms with Gasteiger partial charge < -0.3 is 9.64 Å². The minimum atomic E-state index is 0.781. The van der Waals surface area contributed by atoms with E-state index in [0.717, 1.165) is 60.1 Å². The molecular formula is C22H21N5O. The quantitative estimate of drug-likeness (QED) is 0.550. The first-order valence-electron chi connectivity index (χ1n) is 9.48. The Morgan fingerprint density at radius 2 is 1.75 bits per heavy atom. The predicted octanol–water partition coefficient (Wildman–Crippen LogP) is 3.63. The number of fused-ring (bicyclic) bond motifs is 1. The lowest BCUT2D eigenvalue weighted by atomic mass is 10.1. The molecule has 3 aromatic heterocycles. The highest BCUT2D eigenvalue weighted by atomic mass is 16.5. The van der Waals surface area contributed by atoms with Gasteiger partial charge in [-0.2, -0.15) is 0 Å². The number of pyridine rings is 2. The number of anilines is 1. The van der Waals surface area contributed by atoms with Gasteiger partial charge in [0, 0.05) is 36.7 Å². The van der Waals surface area contributed by atoms with E-state index in [4.69, 9.17) is 9.72 Å². The highest BCUT2D eigenvalue weighted by Crippen LogP contribution is 2.29. The van der Waals surface area contributed by atoms with E-state index >= 15 is 0 Å². The van der Waals surface area contributed by atoms with Crippen molar-refractivity contribution < 1.29 is 4.74 Å². The molecule has 0 radical (unpaired) electrons. The maximum atomic E-state index is 5.45. The van der Waals surface area contributed by atoms with E-state index in [1.54, 1.807) is 6.20 Å². The molecule has 6 nitrogen and oxygen atoms in total. The molecule has 0 amide bonds. The molecule has 1 aliphatic heterocycles. The maximum Gasteiger partial charge on any atom is 0.146 e. The van der Waals surface area contributed by atoms with Gasteiger partial charge in [-0.15, -0.1) is 0 Å². The minimum absolute atomic E-state index is 0.781. The van der Waals surface area contributed by atoms with Crippen molar-refractivity contribution >= 4 is 16.7 Å². The summed E-state index contributed by atoms with van der Waals surface area (Å²) in [6.45, 7) is 5.45. The van der Waals surface area contributed by atoms with E-state index in [1.807, 2.05) is 31.5 Å². The third-order valence-electron chi connectivity index (χ3n) is 5.08. The van der Waals surface area contributed by atoms with E-state index in [1.165, 1.54) is 5.69 Å². The molecule has 0 N–H and O–H groups in total. The summed E-state index contributed by atoms with van der Waals surface area (Å²) in [7, 11) is 0. The minimum Gasteiger partial charge on any atom is -0.378 e. The highest BCUT2D eigenvalue weighted by Gasteiger charge is 2.16. The van der Waals surface area contributed by atoms with Gasteiger partial charge in [0.05, 0.1) is 30.4 Å². The zero-order valence-electron chi connectivity index (χ0n) is 15.7. The Bertz CT molecular complexity index is 1100. The van der Waals surface area contributed by atoms with Crippen molar-refractivity contribution in [2.45, 2.75) is 6.92 Å². The van der Waals surface area contributed by atoms with E-state index in [0.29, 0.717) is 0 Å². The molecule has 1 saturated heterocycles. The number of nitrogens with zero attached hydrogens (tertiary/aromatic N) is 5. The molecule has 140 valence electrons. The zero-order valence-corrected chi connectivity index (χ0v) is 15.7. The fraction of sp³-hybridized carbons (Fsp3) is 0.227. The molecule has 0 unspecified atom stereocenters. The largest absolute Gasteiger partial charge is 0.378 e. The molecule has 0 atom stereocenters. The van der Waals surface area contributed by atoms with Crippen molar-refractivity contribution in [1.82, 2.24) is 19.5 Å². The number of hydrogen-bond acceptors (Lipinski definition) is 5. The third kappa shape index (κ3) is 3.01. The molecule has 0 aliphatic carbocycles. The summed E-state index contributed by atoms with van der Waals surface area (Å²) in [4.78, 5) is 16.1. The van der Waals surface area contributed by atoms with Gasteiger partial charge in [-0.05, 0) is 48.9 Å². The number of rotatable bonds is 3. The summed E-state index contributed by atoms with van der Waals surface area (Å²) >= 11 is 0. The van der Waals surface area contributed by atoms with Crippen LogP contribution in [0.25, 0.3) is 28.2 Å². The summed E-state index contributed by atoms with van der Waals surface area (Å²) in [6, 6.07) is 14.6. The van der Waals surface area contributed by atoms with Crippen LogP contribution in [0.2, 0.25) is 0 Å². The molecule has 0 saturated carbocycles. The van der Waals surface area contributed by atoms with Gasteiger partial charge in [-0.25, -0.2) is 9.97 Å². The van der Waals surface area contributed by atoms with Crippen molar-refractivity contribution in [2.24, 2.45) is 0 Å². The molecule has 4 aromatic rings. The molecule has 1 aromatic carbocycles. The van der Waals surface area contributed by atoms with Gasteiger partial charge in [0.1, 0.15) is 11.6 Å². The second kappa shape index (κ2) is 7.05. The van der Waals surface area contributed by atoms with Crippen LogP contribution in [0.15, 0.2) is 61.1 Å². The number of hydrogen-bond donors (Lipinski definition) is 0. The van der Waals surface area contributed by atoms with Crippen molar-refractivity contribution in [2.75, 3.05) is 31.2 Å². The van der Waals surface area contributed by atoms with E-state index < -0.39 is 0 Å². The Hall–Kier alpha value is -3.25. The highest BCUT2D eigenvalue weighted by molar-refractivity contribution is 5.82. The first kappa shape index (κ1) is 16.9. The molecule has 1 aliphatic rings. The van der Waals surface area contributed by atoms with Crippen molar-refractivity contribution in [3.05, 3.63) is 66.6 Å². The first-order chi connectivity index (χ1) is 13.8. The molecule has 0 bridgehead atoms. The number of ether oxygens (including phenoxy) is 1. The standard InChI is InChI=1S/C22H21N5O/c1-16-2-7-21(24-14-16)27-20-15-23-9-8-19(20)25-22(27)17-3-5-18(6-4-17)26-10-12-28-13-11-26/h2-9,14-15H,10-13H2,1H3. The van der Waals surface area contributed by atoms with Crippen LogP contribution < -0.4 is 4.90 Å². The van der Waals surface area contributed by atoms with Crippen LogP contribution in [0.1, 0.15) is 5.56 Å². The van der Waals surface area contributed by atoms with Gasteiger partial charge in [0.15, 0.2) is 0 Å². The Morgan fingerprint density at radius 3 is 2.50 bits per heavy atom. The van der Waals surface area contributed by atoms with Crippen LogP contribution >= 0.6 is 0 Å². The molecule has 5 rings (SSSR count). The molecule has 6 heteroatoms. The number of morpholine rings is 1. The lowest BCUT2D eigenvalue weighted by molar-refractivity contribution is 0.122. The average Bonchev–Trinajstić information content (AvgIpc) is 3.15. The zero-order chi connectivity index (χ0) is 18.9. The molecular weight excluding hydrogens is 350 g/mol. The van der Waals surface area contributed by atoms with Crippen LogP contribution in [0, 0.1) is 6.92 Å². The van der Waals surface area contributed by atoms with Crippen LogP contribution in [-0.4, -0.2) is 45.8 Å². The summed E-state index contributed by atoms with van der Waals surface area (Å²) < 4.78 is 7.53. The summed E-state index contributed by atoms with van der Waals surface area (Å²) in [5, 5.41) is 0. The monoisotopic (exact) mass is 371 g/mol. The van der Waals surface area contributed by atoms with Gasteiger partial charge in [0.25, 0.3) is 0 Å². The Labute approximate surface area is 163 Å². The Morgan fingerprint density at radius 1 is 0.929 bits per heavy atom. The van der Waals surface area contributed by atoms with E-state index in [-0.39, 0.29) is 0 Å². The van der Waals surface area contributed by atoms with Gasteiger partial charge in [-0.1, -0.05) is 6.07 Å². The van der Waals surface area contributed by atoms with Gasteiger partial charge >= 0.3 is 0 Å². The van der Waals surface area contributed by atoms with Crippen LogP contribution in [0.4, 0.5) is 5.69 Å².